The predicted octanol–water partition coefficient (Wildman–Crippen LogP) is 7.87. The van der Waals surface area contributed by atoms with Gasteiger partial charge in [0.2, 0.25) is 5.88 Å². The topological polar surface area (TPSA) is 104 Å². The number of rotatable bonds is 7. The van der Waals surface area contributed by atoms with Crippen LogP contribution < -0.4 is 24.7 Å². The summed E-state index contributed by atoms with van der Waals surface area (Å²) in [5, 5.41) is 11.4. The van der Waals surface area contributed by atoms with Crippen LogP contribution in [-0.4, -0.2) is 19.7 Å². The maximum Gasteiger partial charge on any atom is 0.355 e. The highest BCUT2D eigenvalue weighted by molar-refractivity contribution is 7.21. The Labute approximate surface area is 248 Å². The Morgan fingerprint density at radius 2 is 1.98 bits per heavy atom. The normalized spacial score (nSPS) is 14.2. The van der Waals surface area contributed by atoms with Crippen LogP contribution in [0, 0.1) is 11.3 Å². The van der Waals surface area contributed by atoms with Gasteiger partial charge in [0.25, 0.3) is 0 Å². The van der Waals surface area contributed by atoms with Gasteiger partial charge < -0.3 is 24.7 Å². The number of nitrogens with zero attached hydrogens (tertiary/aromatic N) is 1. The van der Waals surface area contributed by atoms with E-state index in [9.17, 15) is 10.1 Å². The van der Waals surface area contributed by atoms with Crippen molar-refractivity contribution >= 4 is 62.2 Å². The minimum absolute atomic E-state index is 0.0616. The summed E-state index contributed by atoms with van der Waals surface area (Å²) in [7, 11) is 1.53. The van der Waals surface area contributed by atoms with Gasteiger partial charge >= 0.3 is 5.97 Å². The monoisotopic (exact) mass is 612 g/mol. The SMILES string of the molecule is C=CCOc1ccc(C2C(C#N)=C(N)Oc3cc(OC(=O)c4sc5cc(Cl)cc(Cl)c5c4Cl)ccc32)cc1OC. The maximum absolute atomic E-state index is 13.1. The fourth-order valence-electron chi connectivity index (χ4n) is 4.37. The Hall–Kier alpha value is -3.87. The van der Waals surface area contributed by atoms with Gasteiger partial charge in [-0.05, 0) is 35.9 Å². The summed E-state index contributed by atoms with van der Waals surface area (Å²) in [6.45, 7) is 3.96. The number of allylic oxidation sites excluding steroid dienone is 1. The van der Waals surface area contributed by atoms with Gasteiger partial charge in [-0.3, -0.25) is 0 Å². The second-order valence-electron chi connectivity index (χ2n) is 8.53. The Balaban J connectivity index is 1.49. The molecule has 3 aromatic carbocycles. The summed E-state index contributed by atoms with van der Waals surface area (Å²) in [5.41, 5.74) is 7.75. The first kappa shape index (κ1) is 27.7. The number of hydrogen-bond donors (Lipinski definition) is 1. The van der Waals surface area contributed by atoms with Gasteiger partial charge in [0.05, 0.1) is 23.1 Å². The predicted molar refractivity (Wildman–Crippen MR) is 156 cm³/mol. The minimum atomic E-state index is -0.674. The maximum atomic E-state index is 13.1. The quantitative estimate of drug-likeness (QED) is 0.128. The number of ether oxygens (including phenoxy) is 4. The van der Waals surface area contributed by atoms with E-state index in [4.69, 9.17) is 59.5 Å². The fourth-order valence-corrected chi connectivity index (χ4v) is 6.62. The molecule has 4 aromatic rings. The highest BCUT2D eigenvalue weighted by atomic mass is 35.5. The molecule has 0 saturated heterocycles. The first-order chi connectivity index (χ1) is 19.2. The van der Waals surface area contributed by atoms with Crippen LogP contribution in [0.15, 0.2) is 72.6 Å². The molecule has 7 nitrogen and oxygen atoms in total. The first-order valence-corrected chi connectivity index (χ1v) is 13.6. The van der Waals surface area contributed by atoms with Crippen LogP contribution in [0.3, 0.4) is 0 Å². The molecular formula is C29H19Cl3N2O5S. The molecule has 11 heteroatoms. The number of esters is 1. The molecule has 2 N–H and O–H groups in total. The second-order valence-corrected chi connectivity index (χ2v) is 10.8. The zero-order valence-corrected chi connectivity index (χ0v) is 23.9. The van der Waals surface area contributed by atoms with Gasteiger partial charge in [-0.1, -0.05) is 59.6 Å². The van der Waals surface area contributed by atoms with Crippen LogP contribution in [-0.2, 0) is 0 Å². The molecule has 1 unspecified atom stereocenters. The van der Waals surface area contributed by atoms with Crippen LogP contribution in [0.5, 0.6) is 23.0 Å². The molecule has 0 aliphatic carbocycles. The van der Waals surface area contributed by atoms with E-state index >= 15 is 0 Å². The van der Waals surface area contributed by atoms with E-state index in [1.54, 1.807) is 42.5 Å². The number of carbonyl (C=O) groups is 1. The van der Waals surface area contributed by atoms with Gasteiger partial charge in [-0.15, -0.1) is 11.3 Å². The van der Waals surface area contributed by atoms with E-state index in [1.807, 2.05) is 6.07 Å². The molecule has 1 atom stereocenters. The van der Waals surface area contributed by atoms with Crippen molar-refractivity contribution in [3.63, 3.8) is 0 Å². The van der Waals surface area contributed by atoms with Gasteiger partial charge in [0.1, 0.15) is 34.6 Å². The van der Waals surface area contributed by atoms with Crippen LogP contribution in [0.1, 0.15) is 26.7 Å². The van der Waals surface area contributed by atoms with E-state index in [0.717, 1.165) is 16.9 Å². The van der Waals surface area contributed by atoms with Gasteiger partial charge in [0.15, 0.2) is 11.5 Å². The molecular weight excluding hydrogens is 595 g/mol. The number of nitriles is 1. The van der Waals surface area contributed by atoms with Crippen molar-refractivity contribution in [2.24, 2.45) is 5.73 Å². The number of halogens is 3. The Morgan fingerprint density at radius 3 is 2.70 bits per heavy atom. The van der Waals surface area contributed by atoms with Gasteiger partial charge in [0, 0.05) is 26.7 Å². The number of fused-ring (bicyclic) bond motifs is 2. The molecule has 1 aromatic heterocycles. The Kier molecular flexibility index (Phi) is 7.83. The van der Waals surface area contributed by atoms with Gasteiger partial charge in [-0.25, -0.2) is 4.79 Å². The Morgan fingerprint density at radius 1 is 1.18 bits per heavy atom. The number of methoxy groups -OCH3 is 1. The van der Waals surface area contributed by atoms with E-state index in [2.05, 4.69) is 12.6 Å². The lowest BCUT2D eigenvalue weighted by atomic mass is 9.83. The molecule has 40 heavy (non-hydrogen) atoms. The van der Waals surface area contributed by atoms with E-state index in [-0.39, 0.29) is 27.1 Å². The molecule has 0 radical (unpaired) electrons. The lowest BCUT2D eigenvalue weighted by Gasteiger charge is -2.27. The molecule has 202 valence electrons. The zero-order valence-electron chi connectivity index (χ0n) is 20.8. The third-order valence-electron chi connectivity index (χ3n) is 6.11. The number of benzene rings is 3. The highest BCUT2D eigenvalue weighted by Gasteiger charge is 2.32. The molecule has 2 heterocycles. The third kappa shape index (κ3) is 5.05. The average molecular weight is 614 g/mol. The van der Waals surface area contributed by atoms with Crippen molar-refractivity contribution in [1.82, 2.24) is 0 Å². The van der Waals surface area contributed by atoms with Crippen molar-refractivity contribution in [2.45, 2.75) is 5.92 Å². The first-order valence-electron chi connectivity index (χ1n) is 11.7. The molecule has 0 fully saturated rings. The Bertz CT molecular complexity index is 1760. The summed E-state index contributed by atoms with van der Waals surface area (Å²) in [4.78, 5) is 13.2. The molecule has 0 amide bonds. The van der Waals surface area contributed by atoms with Crippen molar-refractivity contribution < 1.29 is 23.7 Å². The summed E-state index contributed by atoms with van der Waals surface area (Å²) < 4.78 is 23.2. The van der Waals surface area contributed by atoms with Crippen molar-refractivity contribution in [1.29, 1.82) is 5.26 Å². The molecule has 1 aliphatic rings. The van der Waals surface area contributed by atoms with Crippen LogP contribution in [0.2, 0.25) is 15.1 Å². The smallest absolute Gasteiger partial charge is 0.355 e. The summed E-state index contributed by atoms with van der Waals surface area (Å²) in [6.07, 6.45) is 1.63. The molecule has 0 bridgehead atoms. The molecule has 0 spiro atoms. The highest BCUT2D eigenvalue weighted by Crippen LogP contribution is 2.46. The van der Waals surface area contributed by atoms with Crippen LogP contribution in [0.4, 0.5) is 0 Å². The van der Waals surface area contributed by atoms with E-state index in [0.29, 0.717) is 49.6 Å². The molecule has 0 saturated carbocycles. The number of nitrogens with two attached hydrogens (primary N) is 1. The average Bonchev–Trinajstić information content (AvgIpc) is 3.27. The standard InChI is InChI=1S/C29H19Cl3N2O5S/c1-3-8-37-20-7-4-14(9-22(20)36-2)24-17-6-5-16(12-21(17)39-28(34)18(24)13-33)38-29(35)27-26(32)25-19(31)10-15(30)11-23(25)40-27/h3-7,9-12,24H,1,8,34H2,2H3. The summed E-state index contributed by atoms with van der Waals surface area (Å²) >= 11 is 20.0. The largest absolute Gasteiger partial charge is 0.493 e. The molecule has 5 rings (SSSR count). The van der Waals surface area contributed by atoms with E-state index < -0.39 is 11.9 Å². The summed E-state index contributed by atoms with van der Waals surface area (Å²) in [5.74, 6) is 0.231. The zero-order chi connectivity index (χ0) is 28.6. The lowest BCUT2D eigenvalue weighted by Crippen LogP contribution is -2.21. The second kappa shape index (κ2) is 11.3. The van der Waals surface area contributed by atoms with Crippen molar-refractivity contribution in [3.8, 4) is 29.1 Å². The molecule has 1 aliphatic heterocycles. The van der Waals surface area contributed by atoms with E-state index in [1.165, 1.54) is 13.2 Å². The van der Waals surface area contributed by atoms with Gasteiger partial charge in [-0.2, -0.15) is 5.26 Å². The number of hydrogen-bond acceptors (Lipinski definition) is 8. The van der Waals surface area contributed by atoms with Crippen LogP contribution in [0.25, 0.3) is 10.1 Å². The van der Waals surface area contributed by atoms with Crippen LogP contribution >= 0.6 is 46.1 Å². The lowest BCUT2D eigenvalue weighted by molar-refractivity contribution is 0.0740. The van der Waals surface area contributed by atoms with Crippen molar-refractivity contribution in [3.05, 3.63) is 104 Å². The number of carbonyl (C=O) groups excluding carboxylic acids is 1. The minimum Gasteiger partial charge on any atom is -0.493 e. The fraction of sp³-hybridized carbons (Fsp3) is 0.103. The third-order valence-corrected chi connectivity index (χ3v) is 8.24. The van der Waals surface area contributed by atoms with Crippen molar-refractivity contribution in [2.75, 3.05) is 13.7 Å². The summed E-state index contributed by atoms with van der Waals surface area (Å²) in [6, 6.07) is 15.6. The number of thiophene rings is 1.